The van der Waals surface area contributed by atoms with Gasteiger partial charge in [-0.2, -0.15) is 0 Å². The Hall–Kier alpha value is -3.39. The molecule has 0 bridgehead atoms. The van der Waals surface area contributed by atoms with Crippen LogP contribution in [-0.2, 0) is 4.74 Å². The summed E-state index contributed by atoms with van der Waals surface area (Å²) >= 11 is 0. The molecule has 2 aromatic heterocycles. The highest BCUT2D eigenvalue weighted by atomic mass is 16.5. The molecule has 1 atom stereocenters. The van der Waals surface area contributed by atoms with E-state index < -0.39 is 0 Å². The Bertz CT molecular complexity index is 1430. The molecular weight excluding hydrogens is 464 g/mol. The average molecular weight is 501 g/mol. The van der Waals surface area contributed by atoms with Crippen molar-refractivity contribution in [2.45, 2.75) is 57.0 Å². The first-order valence-electron chi connectivity index (χ1n) is 13.5. The number of likely N-dealkylation sites (tertiary alicyclic amines) is 1. The molecule has 1 unspecified atom stereocenters. The van der Waals surface area contributed by atoms with Crippen LogP contribution in [0.5, 0.6) is 0 Å². The third kappa shape index (κ3) is 4.27. The molecule has 1 saturated carbocycles. The van der Waals surface area contributed by atoms with Crippen molar-refractivity contribution in [2.24, 2.45) is 0 Å². The summed E-state index contributed by atoms with van der Waals surface area (Å²) in [6.07, 6.45) is 12.4. The number of nitrogens with one attached hydrogen (secondary N) is 1. The number of fused-ring (bicyclic) bond motifs is 2. The second-order valence-electron chi connectivity index (χ2n) is 10.7. The first-order valence-corrected chi connectivity index (χ1v) is 13.5. The number of carbonyl (C=O) groups excluding carboxylic acids is 1. The summed E-state index contributed by atoms with van der Waals surface area (Å²) in [7, 11) is 5.68. The second-order valence-corrected chi connectivity index (χ2v) is 10.7. The normalized spacial score (nSPS) is 19.2. The number of likely N-dealkylation sites (N-methyl/N-ethyl adjacent to an activating group) is 2. The molecule has 1 saturated heterocycles. The Kier molecular flexibility index (Phi) is 6.36. The molecule has 1 aliphatic heterocycles. The number of anilines is 1. The third-order valence-electron chi connectivity index (χ3n) is 8.49. The first kappa shape index (κ1) is 24.0. The molecule has 1 aliphatic carbocycles. The number of methoxy groups -OCH3 is 1. The lowest BCUT2D eigenvalue weighted by molar-refractivity contribution is 0.0603. The van der Waals surface area contributed by atoms with Crippen LogP contribution in [0.4, 0.5) is 5.69 Å². The van der Waals surface area contributed by atoms with E-state index in [1.807, 2.05) is 6.33 Å². The summed E-state index contributed by atoms with van der Waals surface area (Å²) in [5, 5.41) is 0. The van der Waals surface area contributed by atoms with Crippen LogP contribution in [0.25, 0.3) is 33.2 Å². The summed E-state index contributed by atoms with van der Waals surface area (Å²) < 4.78 is 7.58. The number of aromatic nitrogens is 4. The number of nitrogens with zero attached hydrogens (tertiary/aromatic N) is 5. The highest BCUT2D eigenvalue weighted by Crippen LogP contribution is 2.38. The largest absolute Gasteiger partial charge is 0.465 e. The van der Waals surface area contributed by atoms with Gasteiger partial charge in [0, 0.05) is 31.2 Å². The van der Waals surface area contributed by atoms with Gasteiger partial charge in [-0.15, -0.1) is 0 Å². The molecule has 1 N–H and O–H groups in total. The van der Waals surface area contributed by atoms with Gasteiger partial charge in [0.1, 0.15) is 5.56 Å². The van der Waals surface area contributed by atoms with Crippen molar-refractivity contribution in [1.29, 1.82) is 0 Å². The van der Waals surface area contributed by atoms with E-state index in [2.05, 4.69) is 62.7 Å². The standard InChI is InChI=1S/C29H36N6O2/c1-33-13-7-10-21(33)16-34(2)25-15-22(27-28(31-17-30-27)26(25)29(36)37-3)19-11-12-24-23(14-19)32-18-35(24)20-8-5-4-6-9-20/h11-12,14-15,17-18,20-21H,4-10,13,16H2,1-3H3,(H,30,31). The fraction of sp³-hybridized carbons (Fsp3) is 0.483. The van der Waals surface area contributed by atoms with Gasteiger partial charge in [-0.3, -0.25) is 0 Å². The maximum atomic E-state index is 13.0. The minimum absolute atomic E-state index is 0.357. The Morgan fingerprint density at radius 2 is 1.97 bits per heavy atom. The SMILES string of the molecule is COC(=O)c1c(N(C)CC2CCCN2C)cc(-c2ccc3c(c2)ncn3C2CCCCC2)c2nc[nH]c12. The number of carbonyl (C=O) groups is 1. The number of benzene rings is 2. The van der Waals surface area contributed by atoms with Crippen molar-refractivity contribution in [3.05, 3.63) is 42.5 Å². The number of ether oxygens (including phenoxy) is 1. The maximum Gasteiger partial charge on any atom is 0.342 e. The maximum absolute atomic E-state index is 13.0. The molecule has 2 fully saturated rings. The van der Waals surface area contributed by atoms with Gasteiger partial charge >= 0.3 is 5.97 Å². The van der Waals surface area contributed by atoms with Crippen molar-refractivity contribution < 1.29 is 9.53 Å². The van der Waals surface area contributed by atoms with Gasteiger partial charge in [-0.05, 0) is 63.0 Å². The fourth-order valence-electron chi connectivity index (χ4n) is 6.40. The Morgan fingerprint density at radius 1 is 1.14 bits per heavy atom. The van der Waals surface area contributed by atoms with Crippen LogP contribution in [-0.4, -0.2) is 70.7 Å². The first-order chi connectivity index (χ1) is 18.0. The predicted octanol–water partition coefficient (Wildman–Crippen LogP) is 5.40. The van der Waals surface area contributed by atoms with E-state index in [4.69, 9.17) is 9.72 Å². The van der Waals surface area contributed by atoms with E-state index in [0.717, 1.165) is 47.4 Å². The van der Waals surface area contributed by atoms with Crippen LogP contribution in [0.2, 0.25) is 0 Å². The molecule has 6 rings (SSSR count). The molecule has 0 spiro atoms. The van der Waals surface area contributed by atoms with Gasteiger partial charge in [-0.25, -0.2) is 14.8 Å². The van der Waals surface area contributed by atoms with Crippen LogP contribution in [0, 0.1) is 0 Å². The van der Waals surface area contributed by atoms with Gasteiger partial charge in [0.05, 0.1) is 47.5 Å². The van der Waals surface area contributed by atoms with Crippen LogP contribution in [0.1, 0.15) is 61.3 Å². The number of hydrogen-bond acceptors (Lipinski definition) is 6. The summed E-state index contributed by atoms with van der Waals surface area (Å²) in [5.74, 6) is -0.357. The minimum Gasteiger partial charge on any atom is -0.465 e. The lowest BCUT2D eigenvalue weighted by Gasteiger charge is -2.29. The summed E-state index contributed by atoms with van der Waals surface area (Å²) in [5.41, 5.74) is 7.06. The van der Waals surface area contributed by atoms with Crippen molar-refractivity contribution in [1.82, 2.24) is 24.4 Å². The van der Waals surface area contributed by atoms with E-state index in [-0.39, 0.29) is 5.97 Å². The van der Waals surface area contributed by atoms with E-state index in [0.29, 0.717) is 23.2 Å². The molecular formula is C29H36N6O2. The second kappa shape index (κ2) is 9.82. The highest BCUT2D eigenvalue weighted by Gasteiger charge is 2.27. The summed E-state index contributed by atoms with van der Waals surface area (Å²) in [6.45, 7) is 1.95. The van der Waals surface area contributed by atoms with Gasteiger partial charge in [0.15, 0.2) is 0 Å². The van der Waals surface area contributed by atoms with Crippen LogP contribution in [0.15, 0.2) is 36.9 Å². The monoisotopic (exact) mass is 500 g/mol. The zero-order chi connectivity index (χ0) is 25.5. The number of rotatable bonds is 6. The lowest BCUT2D eigenvalue weighted by Crippen LogP contribution is -2.37. The van der Waals surface area contributed by atoms with Crippen molar-refractivity contribution in [3.63, 3.8) is 0 Å². The molecule has 0 amide bonds. The average Bonchev–Trinajstić information content (AvgIpc) is 3.67. The van der Waals surface area contributed by atoms with E-state index in [9.17, 15) is 4.79 Å². The zero-order valence-corrected chi connectivity index (χ0v) is 22.0. The molecule has 2 aromatic carbocycles. The molecule has 8 nitrogen and oxygen atoms in total. The number of imidazole rings is 2. The molecule has 3 heterocycles. The number of hydrogen-bond donors (Lipinski definition) is 1. The topological polar surface area (TPSA) is 79.3 Å². The Labute approximate surface area is 217 Å². The van der Waals surface area contributed by atoms with E-state index in [1.54, 1.807) is 6.33 Å². The molecule has 194 valence electrons. The Morgan fingerprint density at radius 3 is 2.73 bits per heavy atom. The summed E-state index contributed by atoms with van der Waals surface area (Å²) in [6, 6.07) is 9.61. The van der Waals surface area contributed by atoms with E-state index >= 15 is 0 Å². The number of aromatic amines is 1. The van der Waals surface area contributed by atoms with Gasteiger partial charge in [0.2, 0.25) is 0 Å². The molecule has 4 aromatic rings. The Balaban J connectivity index is 1.44. The molecule has 37 heavy (non-hydrogen) atoms. The van der Waals surface area contributed by atoms with Crippen molar-refractivity contribution >= 4 is 33.7 Å². The third-order valence-corrected chi connectivity index (χ3v) is 8.49. The van der Waals surface area contributed by atoms with Crippen molar-refractivity contribution in [3.8, 4) is 11.1 Å². The van der Waals surface area contributed by atoms with Gasteiger partial charge in [0.25, 0.3) is 0 Å². The van der Waals surface area contributed by atoms with Crippen molar-refractivity contribution in [2.75, 3.05) is 39.2 Å². The van der Waals surface area contributed by atoms with Crippen LogP contribution in [0.3, 0.4) is 0 Å². The smallest absolute Gasteiger partial charge is 0.342 e. The van der Waals surface area contributed by atoms with Gasteiger partial charge < -0.3 is 24.1 Å². The lowest BCUT2D eigenvalue weighted by atomic mass is 9.95. The zero-order valence-electron chi connectivity index (χ0n) is 22.0. The summed E-state index contributed by atoms with van der Waals surface area (Å²) in [4.78, 5) is 30.2. The number of esters is 1. The van der Waals surface area contributed by atoms with Gasteiger partial charge in [-0.1, -0.05) is 25.3 Å². The van der Waals surface area contributed by atoms with Crippen LogP contribution < -0.4 is 4.90 Å². The molecule has 0 radical (unpaired) electrons. The molecule has 8 heteroatoms. The van der Waals surface area contributed by atoms with Crippen LogP contribution >= 0.6 is 0 Å². The van der Waals surface area contributed by atoms with E-state index in [1.165, 1.54) is 51.2 Å². The quantitative estimate of drug-likeness (QED) is 0.357. The highest BCUT2D eigenvalue weighted by molar-refractivity contribution is 6.11. The predicted molar refractivity (Wildman–Crippen MR) is 147 cm³/mol. The fourth-order valence-corrected chi connectivity index (χ4v) is 6.40. The number of H-pyrrole nitrogens is 1. The minimum atomic E-state index is -0.357. The molecule has 2 aliphatic rings.